The molecule has 1 aliphatic rings. The molecule has 0 fully saturated rings. The molecule has 0 aromatic heterocycles. The maximum Gasteiger partial charge on any atom is 0.265 e. The van der Waals surface area contributed by atoms with E-state index in [2.05, 4.69) is 0 Å². The number of ether oxygens (including phenoxy) is 1. The van der Waals surface area contributed by atoms with Gasteiger partial charge in [-0.3, -0.25) is 9.10 Å². The van der Waals surface area contributed by atoms with E-state index >= 15 is 0 Å². The summed E-state index contributed by atoms with van der Waals surface area (Å²) >= 11 is 5.88. The van der Waals surface area contributed by atoms with Gasteiger partial charge in [0.1, 0.15) is 5.75 Å². The lowest BCUT2D eigenvalue weighted by Crippen LogP contribution is -2.51. The number of benzene rings is 2. The molecule has 1 aliphatic heterocycles. The number of sulfonamides is 1. The van der Waals surface area contributed by atoms with Gasteiger partial charge in [0, 0.05) is 18.1 Å². The molecule has 8 heteroatoms. The molecule has 144 valence electrons. The molecule has 27 heavy (non-hydrogen) atoms. The summed E-state index contributed by atoms with van der Waals surface area (Å²) in [6.07, 6.45) is -0.901. The van der Waals surface area contributed by atoms with Gasteiger partial charge in [-0.1, -0.05) is 23.7 Å². The van der Waals surface area contributed by atoms with Crippen LogP contribution in [-0.2, 0) is 14.8 Å². The Labute approximate surface area is 164 Å². The minimum atomic E-state index is -3.87. The quantitative estimate of drug-likeness (QED) is 0.762. The Kier molecular flexibility index (Phi) is 5.62. The summed E-state index contributed by atoms with van der Waals surface area (Å²) in [7, 11) is -3.87. The summed E-state index contributed by atoms with van der Waals surface area (Å²) in [5.74, 6) is 0.137. The molecule has 0 saturated heterocycles. The molecule has 2 aromatic carbocycles. The van der Waals surface area contributed by atoms with E-state index < -0.39 is 16.1 Å². The van der Waals surface area contributed by atoms with Crippen LogP contribution >= 0.6 is 11.6 Å². The minimum Gasteiger partial charge on any atom is -0.476 e. The van der Waals surface area contributed by atoms with Crippen molar-refractivity contribution in [2.45, 2.75) is 24.8 Å². The maximum atomic E-state index is 13.2. The number of nitrogens with zero attached hydrogens (tertiary/aromatic N) is 2. The second-order valence-corrected chi connectivity index (χ2v) is 8.37. The summed E-state index contributed by atoms with van der Waals surface area (Å²) in [5, 5.41) is 0.450. The molecular formula is C19H21ClN2O4S. The summed E-state index contributed by atoms with van der Waals surface area (Å²) in [4.78, 5) is 14.5. The van der Waals surface area contributed by atoms with Gasteiger partial charge >= 0.3 is 0 Å². The summed E-state index contributed by atoms with van der Waals surface area (Å²) in [6.45, 7) is 4.72. The van der Waals surface area contributed by atoms with Gasteiger partial charge in [0.15, 0.2) is 6.10 Å². The van der Waals surface area contributed by atoms with Crippen LogP contribution in [-0.4, -0.2) is 45.0 Å². The Morgan fingerprint density at radius 2 is 1.78 bits per heavy atom. The van der Waals surface area contributed by atoms with Gasteiger partial charge in [-0.2, -0.15) is 0 Å². The Hall–Kier alpha value is -2.25. The predicted octanol–water partition coefficient (Wildman–Crippen LogP) is 3.16. The fourth-order valence-corrected chi connectivity index (χ4v) is 4.63. The molecule has 0 N–H and O–H groups in total. The van der Waals surface area contributed by atoms with Gasteiger partial charge in [-0.25, -0.2) is 8.42 Å². The number of carbonyl (C=O) groups is 1. The van der Waals surface area contributed by atoms with E-state index in [0.717, 1.165) is 0 Å². The fourth-order valence-electron chi connectivity index (χ4n) is 3.03. The second kappa shape index (κ2) is 7.78. The van der Waals surface area contributed by atoms with Gasteiger partial charge < -0.3 is 9.64 Å². The van der Waals surface area contributed by atoms with Gasteiger partial charge in [0.25, 0.3) is 15.9 Å². The third kappa shape index (κ3) is 3.75. The summed E-state index contributed by atoms with van der Waals surface area (Å²) < 4.78 is 33.6. The van der Waals surface area contributed by atoms with E-state index in [1.807, 2.05) is 13.8 Å². The number of fused-ring (bicyclic) bond motifs is 1. The third-order valence-corrected chi connectivity index (χ3v) is 6.53. The molecule has 0 aliphatic carbocycles. The van der Waals surface area contributed by atoms with Crippen molar-refractivity contribution in [1.29, 1.82) is 0 Å². The highest BCUT2D eigenvalue weighted by molar-refractivity contribution is 7.92. The zero-order valence-corrected chi connectivity index (χ0v) is 16.7. The first-order chi connectivity index (χ1) is 12.9. The predicted molar refractivity (Wildman–Crippen MR) is 105 cm³/mol. The highest BCUT2D eigenvalue weighted by Gasteiger charge is 2.38. The number of carbonyl (C=O) groups excluding carboxylic acids is 1. The molecule has 0 saturated carbocycles. The number of hydrogen-bond donors (Lipinski definition) is 0. The van der Waals surface area contributed by atoms with Crippen LogP contribution < -0.4 is 9.04 Å². The minimum absolute atomic E-state index is 0.0860. The van der Waals surface area contributed by atoms with Gasteiger partial charge in [-0.15, -0.1) is 0 Å². The van der Waals surface area contributed by atoms with E-state index in [9.17, 15) is 13.2 Å². The van der Waals surface area contributed by atoms with Crippen molar-refractivity contribution in [3.63, 3.8) is 0 Å². The van der Waals surface area contributed by atoms with Crippen LogP contribution in [0.15, 0.2) is 53.4 Å². The first-order valence-corrected chi connectivity index (χ1v) is 10.5. The SMILES string of the molecule is CCN(CC)C(=O)[C@@H]1CN(S(=O)(=O)c2ccc(Cl)cc2)c2ccccc2O1. The van der Waals surface area contributed by atoms with Gasteiger partial charge in [0.05, 0.1) is 17.1 Å². The largest absolute Gasteiger partial charge is 0.476 e. The number of hydrogen-bond acceptors (Lipinski definition) is 4. The smallest absolute Gasteiger partial charge is 0.265 e. The van der Waals surface area contributed by atoms with E-state index in [0.29, 0.717) is 29.5 Å². The van der Waals surface area contributed by atoms with E-state index in [1.165, 1.54) is 28.6 Å². The fraction of sp³-hybridized carbons (Fsp3) is 0.316. The maximum absolute atomic E-state index is 13.2. The second-order valence-electron chi connectivity index (χ2n) is 6.07. The highest BCUT2D eigenvalue weighted by atomic mass is 35.5. The van der Waals surface area contributed by atoms with E-state index in [4.69, 9.17) is 16.3 Å². The Bertz CT molecular complexity index is 927. The van der Waals surface area contributed by atoms with E-state index in [1.54, 1.807) is 29.2 Å². The van der Waals surface area contributed by atoms with Crippen molar-refractivity contribution in [3.05, 3.63) is 53.6 Å². The average molecular weight is 409 g/mol. The Morgan fingerprint density at radius 1 is 1.15 bits per heavy atom. The van der Waals surface area contributed by atoms with Crippen LogP contribution in [0.25, 0.3) is 0 Å². The molecule has 3 rings (SSSR count). The van der Waals surface area contributed by atoms with Crippen LogP contribution in [0.5, 0.6) is 5.75 Å². The number of para-hydroxylation sites is 2. The normalized spacial score (nSPS) is 16.4. The lowest BCUT2D eigenvalue weighted by molar-refractivity contribution is -0.138. The molecule has 1 amide bonds. The summed E-state index contributed by atoms with van der Waals surface area (Å²) in [6, 6.07) is 12.8. The third-order valence-electron chi connectivity index (χ3n) is 4.49. The number of anilines is 1. The summed E-state index contributed by atoms with van der Waals surface area (Å²) in [5.41, 5.74) is 0.413. The van der Waals surface area contributed by atoms with Crippen LogP contribution in [0.3, 0.4) is 0 Å². The topological polar surface area (TPSA) is 66.9 Å². The number of amides is 1. The van der Waals surface area contributed by atoms with Crippen LogP contribution in [0, 0.1) is 0 Å². The molecule has 0 unspecified atom stereocenters. The number of rotatable bonds is 5. The van der Waals surface area contributed by atoms with Crippen molar-refractivity contribution in [3.8, 4) is 5.75 Å². The molecule has 1 heterocycles. The van der Waals surface area contributed by atoms with Crippen molar-refractivity contribution >= 4 is 33.2 Å². The average Bonchev–Trinajstić information content (AvgIpc) is 2.68. The van der Waals surface area contributed by atoms with Gasteiger partial charge in [-0.05, 0) is 50.2 Å². The molecule has 6 nitrogen and oxygen atoms in total. The molecule has 1 atom stereocenters. The van der Waals surface area contributed by atoms with Crippen LogP contribution in [0.2, 0.25) is 5.02 Å². The van der Waals surface area contributed by atoms with Crippen molar-refractivity contribution < 1.29 is 17.9 Å². The first-order valence-electron chi connectivity index (χ1n) is 8.71. The Balaban J connectivity index is 2.03. The van der Waals surface area contributed by atoms with Crippen molar-refractivity contribution in [2.24, 2.45) is 0 Å². The molecule has 2 aromatic rings. The zero-order valence-electron chi connectivity index (χ0n) is 15.1. The lowest BCUT2D eigenvalue weighted by atomic mass is 10.2. The lowest BCUT2D eigenvalue weighted by Gasteiger charge is -2.36. The van der Waals surface area contributed by atoms with Crippen LogP contribution in [0.4, 0.5) is 5.69 Å². The monoisotopic (exact) mass is 408 g/mol. The van der Waals surface area contributed by atoms with Crippen LogP contribution in [0.1, 0.15) is 13.8 Å². The molecule has 0 radical (unpaired) electrons. The molecule has 0 bridgehead atoms. The van der Waals surface area contributed by atoms with Crippen molar-refractivity contribution in [2.75, 3.05) is 23.9 Å². The first kappa shape index (κ1) is 19.5. The standard InChI is InChI=1S/C19H21ClN2O4S/c1-3-21(4-2)19(23)18-13-22(16-7-5-6-8-17(16)26-18)27(24,25)15-11-9-14(20)10-12-15/h5-12,18H,3-4,13H2,1-2H3/t18-/m0/s1. The molecular weight excluding hydrogens is 388 g/mol. The number of halogens is 1. The Morgan fingerprint density at radius 3 is 2.41 bits per heavy atom. The number of likely N-dealkylation sites (N-methyl/N-ethyl adjacent to an activating group) is 1. The highest BCUT2D eigenvalue weighted by Crippen LogP contribution is 2.37. The zero-order chi connectivity index (χ0) is 19.6. The van der Waals surface area contributed by atoms with E-state index in [-0.39, 0.29) is 17.3 Å². The molecule has 0 spiro atoms. The van der Waals surface area contributed by atoms with Crippen molar-refractivity contribution in [1.82, 2.24) is 4.90 Å². The van der Waals surface area contributed by atoms with Gasteiger partial charge in [0.2, 0.25) is 0 Å².